The van der Waals surface area contributed by atoms with Crippen molar-refractivity contribution >= 4 is 23.4 Å². The number of allylic oxidation sites excluding steroid dienone is 1. The minimum Gasteiger partial charge on any atom is -0.508 e. The molecule has 32 heavy (non-hydrogen) atoms. The Morgan fingerprint density at radius 3 is 2.53 bits per heavy atom. The zero-order chi connectivity index (χ0) is 23.7. The molecule has 3 N–H and O–H groups in total. The topological polar surface area (TPSA) is 124 Å². The number of nitrogens with zero attached hydrogens (tertiary/aromatic N) is 2. The number of hydrazone groups is 1. The van der Waals surface area contributed by atoms with E-state index < -0.39 is 17.7 Å². The highest BCUT2D eigenvalue weighted by molar-refractivity contribution is 6.46. The first-order chi connectivity index (χ1) is 15.3. The summed E-state index contributed by atoms with van der Waals surface area (Å²) in [5.41, 5.74) is 7.79. The van der Waals surface area contributed by atoms with E-state index in [2.05, 4.69) is 21.8 Å². The molecule has 0 unspecified atom stereocenters. The molecular formula is C24H26N4O4. The Balaban J connectivity index is 2.18. The lowest BCUT2D eigenvalue weighted by atomic mass is 9.94. The monoisotopic (exact) mass is 434 g/mol. The maximum atomic E-state index is 11.9. The van der Waals surface area contributed by atoms with Crippen molar-refractivity contribution in [2.45, 2.75) is 33.6 Å². The summed E-state index contributed by atoms with van der Waals surface area (Å²) in [6, 6.07) is 10.9. The van der Waals surface area contributed by atoms with E-state index in [0.29, 0.717) is 18.5 Å². The van der Waals surface area contributed by atoms with Crippen LogP contribution in [0.15, 0.2) is 48.1 Å². The molecule has 2 aromatic carbocycles. The molecule has 0 aromatic heterocycles. The Labute approximate surface area is 187 Å². The van der Waals surface area contributed by atoms with Crippen LogP contribution in [-0.4, -0.2) is 29.4 Å². The number of hydrogen-bond acceptors (Lipinski definition) is 7. The van der Waals surface area contributed by atoms with Crippen molar-refractivity contribution in [2.75, 3.05) is 12.0 Å². The molecule has 166 valence electrons. The number of alkyl carbamates (subject to hydrolysis) is 1. The quantitative estimate of drug-likeness (QED) is 0.329. The van der Waals surface area contributed by atoms with Gasteiger partial charge in [-0.15, -0.1) is 6.58 Å². The van der Waals surface area contributed by atoms with E-state index >= 15 is 0 Å². The van der Waals surface area contributed by atoms with Gasteiger partial charge in [0, 0.05) is 0 Å². The first-order valence-corrected chi connectivity index (χ1v) is 10.0. The van der Waals surface area contributed by atoms with E-state index in [1.54, 1.807) is 25.1 Å². The summed E-state index contributed by atoms with van der Waals surface area (Å²) in [4.78, 5) is 23.3. The molecule has 0 radical (unpaired) electrons. The Kier molecular flexibility index (Phi) is 8.54. The largest absolute Gasteiger partial charge is 0.508 e. The number of benzene rings is 2. The van der Waals surface area contributed by atoms with Gasteiger partial charge in [0.2, 0.25) is 5.71 Å². The Morgan fingerprint density at radius 1 is 1.25 bits per heavy atom. The number of carbonyl (C=O) groups is 2. The number of anilines is 1. The van der Waals surface area contributed by atoms with Gasteiger partial charge < -0.3 is 9.84 Å². The van der Waals surface area contributed by atoms with E-state index in [4.69, 9.17) is 5.26 Å². The molecule has 8 heteroatoms. The Bertz CT molecular complexity index is 1080. The van der Waals surface area contributed by atoms with Gasteiger partial charge in [0.25, 0.3) is 5.91 Å². The number of carbonyl (C=O) groups excluding carboxylic acids is 2. The highest BCUT2D eigenvalue weighted by atomic mass is 16.5. The average Bonchev–Trinajstić information content (AvgIpc) is 2.73. The molecule has 0 atom stereocenters. The van der Waals surface area contributed by atoms with Crippen LogP contribution in [0.1, 0.15) is 34.7 Å². The summed E-state index contributed by atoms with van der Waals surface area (Å²) < 4.78 is 4.62. The summed E-state index contributed by atoms with van der Waals surface area (Å²) in [5, 5.41) is 24.9. The second kappa shape index (κ2) is 11.3. The first kappa shape index (κ1) is 24.2. The fourth-order valence-electron chi connectivity index (χ4n) is 3.17. The number of hydrogen-bond donors (Lipinski definition) is 3. The van der Waals surface area contributed by atoms with Crippen LogP contribution < -0.4 is 10.7 Å². The number of nitriles is 1. The first-order valence-electron chi connectivity index (χ1n) is 10.0. The molecule has 2 amide bonds. The van der Waals surface area contributed by atoms with Crippen molar-refractivity contribution in [3.63, 3.8) is 0 Å². The van der Waals surface area contributed by atoms with Crippen molar-refractivity contribution < 1.29 is 19.4 Å². The molecule has 0 saturated heterocycles. The molecule has 2 aromatic rings. The Hall–Kier alpha value is -4.12. The fourth-order valence-corrected chi connectivity index (χ4v) is 3.17. The van der Waals surface area contributed by atoms with Gasteiger partial charge in [0.1, 0.15) is 11.8 Å². The molecule has 0 aliphatic rings. The Morgan fingerprint density at radius 2 is 1.94 bits per heavy atom. The number of phenolic OH excluding ortho intramolecular Hbond substituents is 1. The minimum absolute atomic E-state index is 0.0982. The SMILES string of the molecule is C=CCc1cc(Cc2c(C)cc(NN=C(C#N)C(=O)NC(=O)OCC)cc2C)ccc1O. The number of ether oxygens (including phenoxy) is 1. The van der Waals surface area contributed by atoms with Gasteiger partial charge in [0.15, 0.2) is 0 Å². The molecule has 0 fully saturated rings. The molecule has 0 spiro atoms. The predicted octanol–water partition coefficient (Wildman–Crippen LogP) is 3.89. The third-order valence-electron chi connectivity index (χ3n) is 4.69. The van der Waals surface area contributed by atoms with Crippen molar-refractivity contribution in [1.29, 1.82) is 5.26 Å². The lowest BCUT2D eigenvalue weighted by molar-refractivity contribution is -0.114. The van der Waals surface area contributed by atoms with Gasteiger partial charge in [0.05, 0.1) is 12.3 Å². The smallest absolute Gasteiger partial charge is 0.414 e. The number of imide groups is 1. The van der Waals surface area contributed by atoms with Crippen LogP contribution in [0, 0.1) is 25.2 Å². The van der Waals surface area contributed by atoms with Crippen LogP contribution in [0.4, 0.5) is 10.5 Å². The van der Waals surface area contributed by atoms with E-state index in [0.717, 1.165) is 27.8 Å². The fraction of sp³-hybridized carbons (Fsp3) is 0.250. The molecular weight excluding hydrogens is 408 g/mol. The summed E-state index contributed by atoms with van der Waals surface area (Å²) in [7, 11) is 0. The van der Waals surface area contributed by atoms with E-state index in [1.807, 2.05) is 43.4 Å². The van der Waals surface area contributed by atoms with E-state index in [1.165, 1.54) is 0 Å². The highest BCUT2D eigenvalue weighted by Crippen LogP contribution is 2.26. The molecule has 0 saturated carbocycles. The van der Waals surface area contributed by atoms with Gasteiger partial charge in [-0.1, -0.05) is 18.2 Å². The lowest BCUT2D eigenvalue weighted by Crippen LogP contribution is -2.36. The molecule has 0 aliphatic heterocycles. The molecule has 0 bridgehead atoms. The summed E-state index contributed by atoms with van der Waals surface area (Å²) in [5.74, 6) is -0.703. The lowest BCUT2D eigenvalue weighted by Gasteiger charge is -2.14. The van der Waals surface area contributed by atoms with Crippen LogP contribution in [-0.2, 0) is 22.4 Å². The van der Waals surface area contributed by atoms with Gasteiger partial charge >= 0.3 is 6.09 Å². The van der Waals surface area contributed by atoms with Crippen LogP contribution in [0.5, 0.6) is 5.75 Å². The van der Waals surface area contributed by atoms with Crippen molar-refractivity contribution in [2.24, 2.45) is 5.10 Å². The van der Waals surface area contributed by atoms with Crippen LogP contribution >= 0.6 is 0 Å². The second-order valence-corrected chi connectivity index (χ2v) is 7.08. The van der Waals surface area contributed by atoms with Crippen molar-refractivity contribution in [1.82, 2.24) is 5.32 Å². The standard InChI is InChI=1S/C24H26N4O4/c1-5-7-18-12-17(8-9-22(18)29)13-20-15(3)10-19(11-16(20)4)27-28-21(14-25)23(30)26-24(31)32-6-2/h5,8-12,27,29H,1,6-7,13H2,2-4H3,(H,26,30,31). The maximum absolute atomic E-state index is 11.9. The number of phenols is 1. The number of rotatable bonds is 8. The molecule has 0 aliphatic carbocycles. The predicted molar refractivity (Wildman–Crippen MR) is 123 cm³/mol. The summed E-state index contributed by atoms with van der Waals surface area (Å²) in [6.45, 7) is 9.34. The van der Waals surface area contributed by atoms with E-state index in [-0.39, 0.29) is 12.4 Å². The number of amides is 2. The van der Waals surface area contributed by atoms with Crippen LogP contribution in [0.25, 0.3) is 0 Å². The van der Waals surface area contributed by atoms with Crippen LogP contribution in [0.2, 0.25) is 0 Å². The summed E-state index contributed by atoms with van der Waals surface area (Å²) in [6.07, 6.45) is 2.07. The zero-order valence-corrected chi connectivity index (χ0v) is 18.4. The average molecular weight is 434 g/mol. The second-order valence-electron chi connectivity index (χ2n) is 7.08. The molecule has 2 rings (SSSR count). The number of aromatic hydroxyl groups is 1. The summed E-state index contributed by atoms with van der Waals surface area (Å²) >= 11 is 0. The van der Waals surface area contributed by atoms with Crippen molar-refractivity contribution in [3.05, 3.63) is 70.8 Å². The van der Waals surface area contributed by atoms with Gasteiger partial charge in [-0.25, -0.2) is 4.79 Å². The van der Waals surface area contributed by atoms with E-state index in [9.17, 15) is 14.7 Å². The van der Waals surface area contributed by atoms with Gasteiger partial charge in [-0.3, -0.25) is 15.5 Å². The normalized spacial score (nSPS) is 10.8. The third-order valence-corrected chi connectivity index (χ3v) is 4.69. The van der Waals surface area contributed by atoms with Crippen molar-refractivity contribution in [3.8, 4) is 11.8 Å². The molecule has 0 heterocycles. The van der Waals surface area contributed by atoms with Gasteiger partial charge in [-0.05, 0) is 79.6 Å². The van der Waals surface area contributed by atoms with Gasteiger partial charge in [-0.2, -0.15) is 10.4 Å². The number of aryl methyl sites for hydroxylation is 2. The minimum atomic E-state index is -0.953. The zero-order valence-electron chi connectivity index (χ0n) is 18.4. The highest BCUT2D eigenvalue weighted by Gasteiger charge is 2.15. The third kappa shape index (κ3) is 6.44. The number of nitrogens with one attached hydrogen (secondary N) is 2. The molecule has 8 nitrogen and oxygen atoms in total. The maximum Gasteiger partial charge on any atom is 0.414 e. The van der Waals surface area contributed by atoms with Crippen LogP contribution in [0.3, 0.4) is 0 Å².